The van der Waals surface area contributed by atoms with E-state index in [9.17, 15) is 29.7 Å². The normalized spacial score (nSPS) is 48.8. The molecule has 4 heterocycles. The van der Waals surface area contributed by atoms with Crippen LogP contribution >= 0.6 is 0 Å². The van der Waals surface area contributed by atoms with E-state index >= 15 is 0 Å². The monoisotopic (exact) mass is 857 g/mol. The Morgan fingerprint density at radius 1 is 0.900 bits per heavy atom. The predicted molar refractivity (Wildman–Crippen MR) is 218 cm³/mol. The zero-order chi connectivity index (χ0) is 44.8. The minimum Gasteiger partial charge on any atom is -0.458 e. The Morgan fingerprint density at radius 3 is 2.12 bits per heavy atom. The molecular formula is C44H76N2O14. The van der Waals surface area contributed by atoms with E-state index in [1.54, 1.807) is 41.7 Å². The predicted octanol–water partition coefficient (Wildman–Crippen LogP) is 2.69. The Bertz CT molecular complexity index is 1500. The molecule has 60 heavy (non-hydrogen) atoms. The van der Waals surface area contributed by atoms with Crippen molar-refractivity contribution in [3.63, 3.8) is 0 Å². The lowest BCUT2D eigenvalue weighted by molar-refractivity contribution is -0.315. The second-order valence-electron chi connectivity index (χ2n) is 19.5. The fraction of sp³-hybridized carbons (Fsp3) is 0.932. The number of ether oxygens (including phenoxy) is 8. The molecule has 0 spiro atoms. The average molecular weight is 857 g/mol. The topological polar surface area (TPSA) is 192 Å². The molecule has 5 aliphatic rings. The Kier molecular flexibility index (Phi) is 15.7. The van der Waals surface area contributed by atoms with Crippen LogP contribution in [0.2, 0.25) is 0 Å². The van der Waals surface area contributed by atoms with Crippen LogP contribution in [0.4, 0.5) is 0 Å². The number of likely N-dealkylation sites (N-methyl/N-ethyl adjacent to an activating group) is 1. The number of aliphatic hydroxyl groups excluding tert-OH is 2. The lowest BCUT2D eigenvalue weighted by atomic mass is 9.75. The standard InChI is InChI=1S/C44H76N2O14/c1-22-19-42(9,53-13)37(60-41-33(45(11)12)31(18-23(2)55-41)46-17-15-16-30(48)21-46)25(4)35(58-32-20-43(10,54-14)39(28(7)56-32)57-29(8)47)26(5)40(51)59-38-27(6)44(38,52)36(50)24(3)34(22)49/h22-28,30-33,35-39,41,48,50,52H,15-21H2,1-14H3/t22-,23-,24+,25+,26-,27?,28+,30?,31-,32+,33+,35+,36-,37-,38-,39+,41+,42+,43-,44+/m1/s1. The molecule has 0 radical (unpaired) electrons. The number of likely N-dealkylation sites (tertiary alicyclic amines) is 1. The van der Waals surface area contributed by atoms with E-state index in [4.69, 9.17) is 37.9 Å². The van der Waals surface area contributed by atoms with Crippen molar-refractivity contribution in [2.24, 2.45) is 29.6 Å². The molecule has 5 fully saturated rings. The lowest BCUT2D eigenvalue weighted by Crippen LogP contribution is -2.65. The van der Waals surface area contributed by atoms with Gasteiger partial charge in [-0.05, 0) is 80.9 Å². The quantitative estimate of drug-likeness (QED) is 0.287. The first-order chi connectivity index (χ1) is 27.9. The van der Waals surface area contributed by atoms with Crippen molar-refractivity contribution in [2.75, 3.05) is 41.4 Å². The summed E-state index contributed by atoms with van der Waals surface area (Å²) in [6.45, 7) is 18.8. The van der Waals surface area contributed by atoms with Crippen LogP contribution in [-0.4, -0.2) is 175 Å². The van der Waals surface area contributed by atoms with Gasteiger partial charge in [-0.2, -0.15) is 0 Å². The molecule has 0 aromatic rings. The van der Waals surface area contributed by atoms with E-state index in [2.05, 4.69) is 9.80 Å². The van der Waals surface area contributed by atoms with Crippen molar-refractivity contribution in [1.29, 1.82) is 0 Å². The van der Waals surface area contributed by atoms with Gasteiger partial charge in [-0.3, -0.25) is 19.3 Å². The third-order valence-electron chi connectivity index (χ3n) is 14.7. The van der Waals surface area contributed by atoms with Gasteiger partial charge in [0, 0.05) is 63.8 Å². The highest BCUT2D eigenvalue weighted by Crippen LogP contribution is 2.52. The van der Waals surface area contributed by atoms with Gasteiger partial charge in [-0.15, -0.1) is 0 Å². The van der Waals surface area contributed by atoms with E-state index in [-0.39, 0.29) is 36.8 Å². The molecule has 16 nitrogen and oxygen atoms in total. The van der Waals surface area contributed by atoms with E-state index in [0.717, 1.165) is 19.4 Å². The molecular weight excluding hydrogens is 780 g/mol. The minimum absolute atomic E-state index is 0.0246. The molecule has 3 N–H and O–H groups in total. The number of Topliss-reactive ketones (excluding diaryl/α,β-unsaturated/α-hetero) is 1. The van der Waals surface area contributed by atoms with E-state index in [0.29, 0.717) is 13.0 Å². The summed E-state index contributed by atoms with van der Waals surface area (Å²) in [5.74, 6) is -5.40. The molecule has 4 aliphatic heterocycles. The van der Waals surface area contributed by atoms with Crippen molar-refractivity contribution < 1.29 is 67.6 Å². The van der Waals surface area contributed by atoms with Crippen LogP contribution in [0.15, 0.2) is 0 Å². The summed E-state index contributed by atoms with van der Waals surface area (Å²) in [6.07, 6.45) is -5.66. The van der Waals surface area contributed by atoms with Gasteiger partial charge in [0.05, 0.1) is 54.2 Å². The summed E-state index contributed by atoms with van der Waals surface area (Å²) in [6, 6.07) is -0.315. The largest absolute Gasteiger partial charge is 0.458 e. The first-order valence-corrected chi connectivity index (χ1v) is 22.1. The SMILES string of the molecule is CO[C@]1(C)C[C@H](O[C@H]2[C@H](C)[C@@H](O[C@@H]3O[C@H](C)C[C@@H](N4CCCC(O)C4)[C@@H]3N(C)C)[C@@](C)(OC)C[C@@H](C)C(=O)[C@H](C)[C@@H](O)[C@@]3(O)C(C)[C@H]3OC(=O)[C@@H]2C)O[C@@H](C)[C@@H]1OC(C)=O. The number of hydrogen-bond donors (Lipinski definition) is 3. The smallest absolute Gasteiger partial charge is 0.311 e. The van der Waals surface area contributed by atoms with Crippen LogP contribution in [0, 0.1) is 29.6 Å². The molecule has 0 aromatic heterocycles. The van der Waals surface area contributed by atoms with Gasteiger partial charge in [-0.1, -0.05) is 27.7 Å². The van der Waals surface area contributed by atoms with Crippen molar-refractivity contribution in [3.05, 3.63) is 0 Å². The average Bonchev–Trinajstić information content (AvgIpc) is 3.71. The molecule has 5 rings (SSSR count). The molecule has 16 heteroatoms. The number of carbonyl (C=O) groups excluding carboxylic acids is 3. The number of esters is 2. The van der Waals surface area contributed by atoms with Crippen LogP contribution in [0.1, 0.15) is 101 Å². The fourth-order valence-electron chi connectivity index (χ4n) is 10.9. The first-order valence-electron chi connectivity index (χ1n) is 22.1. The summed E-state index contributed by atoms with van der Waals surface area (Å²) >= 11 is 0. The van der Waals surface area contributed by atoms with Gasteiger partial charge in [0.15, 0.2) is 18.7 Å². The summed E-state index contributed by atoms with van der Waals surface area (Å²) in [5, 5.41) is 33.9. The zero-order valence-corrected chi connectivity index (χ0v) is 38.5. The number of piperidine rings is 1. The Morgan fingerprint density at radius 2 is 1.53 bits per heavy atom. The van der Waals surface area contributed by atoms with Gasteiger partial charge in [0.2, 0.25) is 0 Å². The zero-order valence-electron chi connectivity index (χ0n) is 38.5. The number of fused-ring (bicyclic) bond motifs is 1. The summed E-state index contributed by atoms with van der Waals surface area (Å²) in [4.78, 5) is 45.1. The van der Waals surface area contributed by atoms with Crippen LogP contribution in [0.3, 0.4) is 0 Å². The maximum Gasteiger partial charge on any atom is 0.311 e. The number of ketones is 1. The van der Waals surface area contributed by atoms with Crippen molar-refractivity contribution in [1.82, 2.24) is 9.80 Å². The van der Waals surface area contributed by atoms with Crippen molar-refractivity contribution in [2.45, 2.75) is 192 Å². The molecule has 0 bridgehead atoms. The van der Waals surface area contributed by atoms with Crippen molar-refractivity contribution >= 4 is 17.7 Å². The fourth-order valence-corrected chi connectivity index (χ4v) is 10.9. The Labute approximate surface area is 357 Å². The maximum atomic E-state index is 14.4. The summed E-state index contributed by atoms with van der Waals surface area (Å²) in [7, 11) is 7.05. The highest BCUT2D eigenvalue weighted by atomic mass is 16.7. The number of β-amino-alcohol motifs (C(OH)–C–C–N with tert-alkyl or cyclic N) is 1. The van der Waals surface area contributed by atoms with Gasteiger partial charge < -0.3 is 58.1 Å². The third-order valence-corrected chi connectivity index (χ3v) is 14.7. The highest BCUT2D eigenvalue weighted by molar-refractivity contribution is 5.84. The van der Waals surface area contributed by atoms with Gasteiger partial charge >= 0.3 is 11.9 Å². The van der Waals surface area contributed by atoms with Gasteiger partial charge in [0.25, 0.3) is 0 Å². The lowest BCUT2D eigenvalue weighted by Gasteiger charge is -2.52. The highest BCUT2D eigenvalue weighted by Gasteiger charge is 2.70. The van der Waals surface area contributed by atoms with Crippen LogP contribution < -0.4 is 0 Å². The number of hydrogen-bond acceptors (Lipinski definition) is 16. The second-order valence-corrected chi connectivity index (χ2v) is 19.5. The summed E-state index contributed by atoms with van der Waals surface area (Å²) in [5.41, 5.74) is -4.07. The number of nitrogens with zero attached hydrogens (tertiary/aromatic N) is 2. The molecule has 20 atom stereocenters. The van der Waals surface area contributed by atoms with Crippen LogP contribution in [-0.2, 0) is 52.3 Å². The van der Waals surface area contributed by atoms with E-state index in [1.807, 2.05) is 41.8 Å². The maximum absolute atomic E-state index is 14.4. The summed E-state index contributed by atoms with van der Waals surface area (Å²) < 4.78 is 51.4. The van der Waals surface area contributed by atoms with Crippen LogP contribution in [0.25, 0.3) is 0 Å². The number of carbonyl (C=O) groups is 3. The van der Waals surface area contributed by atoms with Gasteiger partial charge in [0.1, 0.15) is 23.1 Å². The van der Waals surface area contributed by atoms with Crippen LogP contribution in [0.5, 0.6) is 0 Å². The Balaban J connectivity index is 1.61. The van der Waals surface area contributed by atoms with E-state index in [1.165, 1.54) is 14.0 Å². The molecule has 346 valence electrons. The molecule has 0 amide bonds. The number of aliphatic hydroxyl groups is 3. The third kappa shape index (κ3) is 9.79. The molecule has 2 unspecified atom stereocenters. The van der Waals surface area contributed by atoms with Crippen molar-refractivity contribution in [3.8, 4) is 0 Å². The molecule has 1 saturated carbocycles. The second kappa shape index (κ2) is 19.1. The first kappa shape index (κ1) is 49.2. The minimum atomic E-state index is -1.82. The Hall–Kier alpha value is -1.83. The van der Waals surface area contributed by atoms with E-state index < -0.39 is 114 Å². The molecule has 4 saturated heterocycles. The molecule has 0 aromatic carbocycles. The molecule has 1 aliphatic carbocycles. The number of rotatable bonds is 9. The number of methoxy groups -OCH3 is 2. The van der Waals surface area contributed by atoms with Gasteiger partial charge in [-0.25, -0.2) is 0 Å².